The molecule has 0 aromatic carbocycles. The Morgan fingerprint density at radius 3 is 3.00 bits per heavy atom. The van der Waals surface area contributed by atoms with Gasteiger partial charge in [-0.25, -0.2) is 4.79 Å². The first kappa shape index (κ1) is 14.3. The fourth-order valence-electron chi connectivity index (χ4n) is 2.08. The summed E-state index contributed by atoms with van der Waals surface area (Å²) in [6.07, 6.45) is 0. The molecule has 5 nitrogen and oxygen atoms in total. The Kier molecular flexibility index (Phi) is 5.18. The molecule has 2 heterocycles. The highest BCUT2D eigenvalue weighted by Gasteiger charge is 2.16. The molecule has 0 saturated carbocycles. The number of nitrogens with zero attached hydrogens (tertiary/aromatic N) is 1. The average molecular weight is 285 g/mol. The Hall–Kier alpha value is -1.11. The first-order valence-electron chi connectivity index (χ1n) is 6.40. The van der Waals surface area contributed by atoms with Crippen LogP contribution in [-0.4, -0.2) is 55.4 Å². The summed E-state index contributed by atoms with van der Waals surface area (Å²) in [5, 5.41) is 10.7. The van der Waals surface area contributed by atoms with Crippen molar-refractivity contribution in [2.24, 2.45) is 5.92 Å². The predicted octanol–water partition coefficient (Wildman–Crippen LogP) is 1.79. The highest BCUT2D eigenvalue weighted by molar-refractivity contribution is 7.12. The maximum absolute atomic E-state index is 11.0. The van der Waals surface area contributed by atoms with Crippen LogP contribution in [0.2, 0.25) is 0 Å². The zero-order valence-electron chi connectivity index (χ0n) is 11.0. The molecule has 0 aliphatic carbocycles. The van der Waals surface area contributed by atoms with Crippen molar-refractivity contribution in [3.63, 3.8) is 0 Å². The van der Waals surface area contributed by atoms with Gasteiger partial charge in [-0.15, -0.1) is 11.3 Å². The number of morpholine rings is 1. The predicted molar refractivity (Wildman–Crippen MR) is 73.2 cm³/mol. The molecule has 1 saturated heterocycles. The van der Waals surface area contributed by atoms with E-state index in [1.807, 2.05) is 0 Å². The van der Waals surface area contributed by atoms with Crippen molar-refractivity contribution in [1.82, 2.24) is 4.90 Å². The first-order valence-corrected chi connectivity index (χ1v) is 7.28. The third-order valence-electron chi connectivity index (χ3n) is 3.02. The number of hydrogen-bond acceptors (Lipinski definition) is 5. The molecule has 1 aliphatic rings. The lowest BCUT2D eigenvalue weighted by atomic mass is 10.2. The summed E-state index contributed by atoms with van der Waals surface area (Å²) >= 11 is 1.19. The normalized spacial score (nSPS) is 18.2. The SMILES string of the molecule is CC(COc1ccsc1C(=O)O)CN1CCOCC1. The zero-order chi connectivity index (χ0) is 13.7. The van der Waals surface area contributed by atoms with Gasteiger partial charge in [0.15, 0.2) is 4.88 Å². The van der Waals surface area contributed by atoms with Crippen molar-refractivity contribution < 1.29 is 19.4 Å². The lowest BCUT2D eigenvalue weighted by Crippen LogP contribution is -2.39. The second kappa shape index (κ2) is 6.88. The van der Waals surface area contributed by atoms with Gasteiger partial charge in [0.05, 0.1) is 19.8 Å². The van der Waals surface area contributed by atoms with Gasteiger partial charge >= 0.3 is 5.97 Å². The molecule has 2 rings (SSSR count). The molecule has 0 spiro atoms. The largest absolute Gasteiger partial charge is 0.491 e. The van der Waals surface area contributed by atoms with Crippen LogP contribution in [0.1, 0.15) is 16.6 Å². The van der Waals surface area contributed by atoms with Crippen LogP contribution in [0.5, 0.6) is 5.75 Å². The summed E-state index contributed by atoms with van der Waals surface area (Å²) in [6, 6.07) is 1.72. The van der Waals surface area contributed by atoms with E-state index >= 15 is 0 Å². The van der Waals surface area contributed by atoms with Crippen LogP contribution in [0, 0.1) is 5.92 Å². The van der Waals surface area contributed by atoms with E-state index < -0.39 is 5.97 Å². The van der Waals surface area contributed by atoms with Gasteiger partial charge in [0.25, 0.3) is 0 Å². The van der Waals surface area contributed by atoms with Crippen molar-refractivity contribution >= 4 is 17.3 Å². The highest BCUT2D eigenvalue weighted by atomic mass is 32.1. The molecule has 0 radical (unpaired) electrons. The molecule has 1 unspecified atom stereocenters. The Morgan fingerprint density at radius 2 is 2.32 bits per heavy atom. The maximum Gasteiger partial charge on any atom is 0.349 e. The minimum Gasteiger partial charge on any atom is -0.491 e. The Bertz CT molecular complexity index is 415. The van der Waals surface area contributed by atoms with E-state index in [1.165, 1.54) is 11.3 Å². The lowest BCUT2D eigenvalue weighted by molar-refractivity contribution is 0.0283. The summed E-state index contributed by atoms with van der Waals surface area (Å²) < 4.78 is 10.9. The molecule has 0 amide bonds. The van der Waals surface area contributed by atoms with E-state index in [-0.39, 0.29) is 4.88 Å². The Balaban J connectivity index is 1.77. The maximum atomic E-state index is 11.0. The van der Waals surface area contributed by atoms with Gasteiger partial charge in [-0.2, -0.15) is 0 Å². The minimum absolute atomic E-state index is 0.276. The molecule has 6 heteroatoms. The van der Waals surface area contributed by atoms with E-state index in [2.05, 4.69) is 11.8 Å². The van der Waals surface area contributed by atoms with Crippen molar-refractivity contribution in [3.8, 4) is 5.75 Å². The number of rotatable bonds is 6. The van der Waals surface area contributed by atoms with Gasteiger partial charge in [0.2, 0.25) is 0 Å². The molecule has 1 aromatic rings. The summed E-state index contributed by atoms with van der Waals surface area (Å²) in [6.45, 7) is 7.11. The molecule has 19 heavy (non-hydrogen) atoms. The fraction of sp³-hybridized carbons (Fsp3) is 0.615. The van der Waals surface area contributed by atoms with Gasteiger partial charge in [0.1, 0.15) is 5.75 Å². The average Bonchev–Trinajstić information content (AvgIpc) is 2.86. The number of thiophene rings is 1. The van der Waals surface area contributed by atoms with E-state index in [0.29, 0.717) is 18.3 Å². The molecule has 1 fully saturated rings. The van der Waals surface area contributed by atoms with Crippen LogP contribution < -0.4 is 4.74 Å². The summed E-state index contributed by atoms with van der Waals surface area (Å²) in [5.74, 6) is -0.0863. The van der Waals surface area contributed by atoms with Crippen LogP contribution in [0.4, 0.5) is 0 Å². The van der Waals surface area contributed by atoms with Gasteiger partial charge < -0.3 is 14.6 Å². The molecule has 1 atom stereocenters. The van der Waals surface area contributed by atoms with E-state index in [9.17, 15) is 4.79 Å². The second-order valence-electron chi connectivity index (χ2n) is 4.75. The van der Waals surface area contributed by atoms with Crippen LogP contribution in [0.3, 0.4) is 0 Å². The van der Waals surface area contributed by atoms with Crippen LogP contribution >= 0.6 is 11.3 Å². The smallest absolute Gasteiger partial charge is 0.349 e. The molecule has 1 aromatic heterocycles. The molecule has 1 N–H and O–H groups in total. The third kappa shape index (κ3) is 4.19. The fourth-order valence-corrected chi connectivity index (χ4v) is 2.75. The second-order valence-corrected chi connectivity index (χ2v) is 5.66. The molecule has 0 bridgehead atoms. The molecule has 106 valence electrons. The van der Waals surface area contributed by atoms with Gasteiger partial charge in [-0.1, -0.05) is 6.92 Å². The number of aromatic carboxylic acids is 1. The first-order chi connectivity index (χ1) is 9.16. The number of carbonyl (C=O) groups is 1. The zero-order valence-corrected chi connectivity index (χ0v) is 11.8. The van der Waals surface area contributed by atoms with Gasteiger partial charge in [0, 0.05) is 25.6 Å². The van der Waals surface area contributed by atoms with Crippen molar-refractivity contribution in [1.29, 1.82) is 0 Å². The minimum atomic E-state index is -0.925. The summed E-state index contributed by atoms with van der Waals surface area (Å²) in [4.78, 5) is 13.6. The quantitative estimate of drug-likeness (QED) is 0.863. The topological polar surface area (TPSA) is 59.0 Å². The van der Waals surface area contributed by atoms with Gasteiger partial charge in [-0.3, -0.25) is 4.90 Å². The standard InChI is InChI=1S/C13H19NO4S/c1-10(8-14-3-5-17-6-4-14)9-18-11-2-7-19-12(11)13(15)16/h2,7,10H,3-6,8-9H2,1H3,(H,15,16). The van der Waals surface area contributed by atoms with Crippen molar-refractivity contribution in [2.75, 3.05) is 39.5 Å². The number of carboxylic acid groups (broad SMARTS) is 1. The lowest BCUT2D eigenvalue weighted by Gasteiger charge is -2.29. The van der Waals surface area contributed by atoms with E-state index in [4.69, 9.17) is 14.6 Å². The third-order valence-corrected chi connectivity index (χ3v) is 3.90. The van der Waals surface area contributed by atoms with E-state index in [1.54, 1.807) is 11.4 Å². The highest BCUT2D eigenvalue weighted by Crippen LogP contribution is 2.25. The van der Waals surface area contributed by atoms with Crippen LogP contribution in [0.25, 0.3) is 0 Å². The summed E-state index contributed by atoms with van der Waals surface area (Å²) in [7, 11) is 0. The monoisotopic (exact) mass is 285 g/mol. The van der Waals surface area contributed by atoms with Crippen LogP contribution in [-0.2, 0) is 4.74 Å². The molecule has 1 aliphatic heterocycles. The van der Waals surface area contributed by atoms with E-state index in [0.717, 1.165) is 32.8 Å². The number of carboxylic acids is 1. The van der Waals surface area contributed by atoms with Crippen molar-refractivity contribution in [3.05, 3.63) is 16.3 Å². The van der Waals surface area contributed by atoms with Gasteiger partial charge in [-0.05, 0) is 11.4 Å². The molecular weight excluding hydrogens is 266 g/mol. The Morgan fingerprint density at radius 1 is 1.58 bits per heavy atom. The summed E-state index contributed by atoms with van der Waals surface area (Å²) in [5.41, 5.74) is 0. The number of ether oxygens (including phenoxy) is 2. The molecular formula is C13H19NO4S. The van der Waals surface area contributed by atoms with Crippen LogP contribution in [0.15, 0.2) is 11.4 Å². The Labute approximate surface area is 116 Å². The number of hydrogen-bond donors (Lipinski definition) is 1. The van der Waals surface area contributed by atoms with Crippen molar-refractivity contribution in [2.45, 2.75) is 6.92 Å².